The number of aliphatic carboxylic acids is 3. The summed E-state index contributed by atoms with van der Waals surface area (Å²) in [5.41, 5.74) is 2.68. The number of nitrogens with zero attached hydrogens (tertiary/aromatic N) is 3. The summed E-state index contributed by atoms with van der Waals surface area (Å²) >= 11 is 1.80. The largest absolute Gasteiger partial charge is 0.490 e. The third kappa shape index (κ3) is 13.9. The van der Waals surface area contributed by atoms with Gasteiger partial charge in [0.2, 0.25) is 0 Å². The molecule has 0 saturated carbocycles. The number of carboxylic acids is 3. The molecule has 0 bridgehead atoms. The Bertz CT molecular complexity index is 1060. The average molecular weight is 642 g/mol. The van der Waals surface area contributed by atoms with Crippen molar-refractivity contribution in [2.75, 3.05) is 26.2 Å². The fourth-order valence-corrected chi connectivity index (χ4v) is 4.47. The highest BCUT2D eigenvalue weighted by atomic mass is 32.1. The van der Waals surface area contributed by atoms with Crippen molar-refractivity contribution in [1.82, 2.24) is 14.8 Å². The van der Waals surface area contributed by atoms with Crippen LogP contribution in [0.25, 0.3) is 0 Å². The number of aromatic nitrogens is 1. The van der Waals surface area contributed by atoms with Gasteiger partial charge >= 0.3 is 36.4 Å². The number of thiophene rings is 1. The zero-order valence-corrected chi connectivity index (χ0v) is 22.0. The minimum Gasteiger partial charge on any atom is -0.475 e. The van der Waals surface area contributed by atoms with Crippen molar-refractivity contribution in [3.63, 3.8) is 0 Å². The van der Waals surface area contributed by atoms with E-state index in [0.717, 1.165) is 24.9 Å². The SMILES string of the molecule is O=C(O)C(F)(F)F.O=C(O)C(F)(F)F.O=C(O)C(F)(F)F.c1ccc(CN2CC3CN(Cc4ccsc4)CC3C2)nc1. The Kier molecular flexibility index (Phi) is 13.7. The molecule has 19 heteroatoms. The van der Waals surface area contributed by atoms with E-state index < -0.39 is 36.4 Å². The van der Waals surface area contributed by atoms with Crippen molar-refractivity contribution >= 4 is 29.2 Å². The maximum absolute atomic E-state index is 10.6. The normalized spacial score (nSPS) is 18.8. The molecule has 0 amide bonds. The Balaban J connectivity index is 0.000000348. The van der Waals surface area contributed by atoms with Gasteiger partial charge in [-0.25, -0.2) is 14.4 Å². The number of hydrogen-bond acceptors (Lipinski definition) is 7. The van der Waals surface area contributed by atoms with Gasteiger partial charge in [0.25, 0.3) is 0 Å². The zero-order valence-electron chi connectivity index (χ0n) is 21.2. The molecule has 9 nitrogen and oxygen atoms in total. The van der Waals surface area contributed by atoms with Gasteiger partial charge in [0, 0.05) is 45.5 Å². The van der Waals surface area contributed by atoms with E-state index >= 15 is 0 Å². The summed E-state index contributed by atoms with van der Waals surface area (Å²) in [4.78, 5) is 36.4. The van der Waals surface area contributed by atoms with Crippen LogP contribution < -0.4 is 0 Å². The molecular weight excluding hydrogens is 617 g/mol. The van der Waals surface area contributed by atoms with Crippen LogP contribution in [0.3, 0.4) is 0 Å². The fourth-order valence-electron chi connectivity index (χ4n) is 3.81. The predicted octanol–water partition coefficient (Wildman–Crippen LogP) is 4.61. The third-order valence-electron chi connectivity index (χ3n) is 5.46. The summed E-state index contributed by atoms with van der Waals surface area (Å²) in [6, 6.07) is 8.47. The van der Waals surface area contributed by atoms with E-state index in [1.807, 2.05) is 12.3 Å². The molecule has 2 aromatic rings. The van der Waals surface area contributed by atoms with Crippen LogP contribution >= 0.6 is 11.3 Å². The Morgan fingerprint density at radius 2 is 1.14 bits per heavy atom. The van der Waals surface area contributed by atoms with Crippen LogP contribution in [0.1, 0.15) is 11.3 Å². The highest BCUT2D eigenvalue weighted by molar-refractivity contribution is 7.07. The van der Waals surface area contributed by atoms with Crippen molar-refractivity contribution in [3.05, 3.63) is 52.5 Å². The number of fused-ring (bicyclic) bond motifs is 1. The smallest absolute Gasteiger partial charge is 0.475 e. The van der Waals surface area contributed by atoms with Gasteiger partial charge < -0.3 is 15.3 Å². The van der Waals surface area contributed by atoms with E-state index in [2.05, 4.69) is 43.7 Å². The molecule has 236 valence electrons. The quantitative estimate of drug-likeness (QED) is 0.410. The summed E-state index contributed by atoms with van der Waals surface area (Å²) in [6.45, 7) is 7.15. The van der Waals surface area contributed by atoms with E-state index in [9.17, 15) is 39.5 Å². The van der Waals surface area contributed by atoms with Crippen molar-refractivity contribution < 1.29 is 69.2 Å². The Morgan fingerprint density at radius 1 is 0.738 bits per heavy atom. The lowest BCUT2D eigenvalue weighted by atomic mass is 10.0. The summed E-state index contributed by atoms with van der Waals surface area (Å²) in [5.74, 6) is -6.56. The molecule has 4 heterocycles. The van der Waals surface area contributed by atoms with Gasteiger partial charge in [0.05, 0.1) is 5.69 Å². The maximum Gasteiger partial charge on any atom is 0.490 e. The van der Waals surface area contributed by atoms with Crippen molar-refractivity contribution in [1.29, 1.82) is 0 Å². The molecule has 0 spiro atoms. The number of likely N-dealkylation sites (tertiary alicyclic amines) is 2. The standard InChI is InChI=1S/C17H21N3S.3C2HF3O2/c1-2-5-18-17(3-1)12-20-10-15-8-19(9-16(15)11-20)7-14-4-6-21-13-14;3*3-2(4,5)1(6)7/h1-6,13,15-16H,7-12H2;3*(H,6,7). The van der Waals surface area contributed by atoms with Gasteiger partial charge in [-0.2, -0.15) is 50.9 Å². The van der Waals surface area contributed by atoms with Gasteiger partial charge in [-0.1, -0.05) is 6.07 Å². The second-order valence-electron chi connectivity index (χ2n) is 8.77. The maximum atomic E-state index is 10.6. The van der Waals surface area contributed by atoms with E-state index in [0.29, 0.717) is 0 Å². The molecule has 2 aromatic heterocycles. The number of rotatable bonds is 4. The molecule has 3 N–H and O–H groups in total. The lowest BCUT2D eigenvalue weighted by Gasteiger charge is -2.20. The van der Waals surface area contributed by atoms with Crippen molar-refractivity contribution in [2.45, 2.75) is 31.6 Å². The third-order valence-corrected chi connectivity index (χ3v) is 6.20. The Hall–Kier alpha value is -3.45. The van der Waals surface area contributed by atoms with Crippen LogP contribution in [0.2, 0.25) is 0 Å². The summed E-state index contributed by atoms with van der Waals surface area (Å²) in [6.07, 6.45) is -13.4. The highest BCUT2D eigenvalue weighted by Gasteiger charge is 2.40. The molecule has 0 aromatic carbocycles. The van der Waals surface area contributed by atoms with E-state index in [-0.39, 0.29) is 0 Å². The van der Waals surface area contributed by atoms with Crippen LogP contribution in [0.15, 0.2) is 41.2 Å². The average Bonchev–Trinajstić information content (AvgIpc) is 3.57. The topological polar surface area (TPSA) is 131 Å². The number of pyridine rings is 1. The molecule has 2 unspecified atom stereocenters. The van der Waals surface area contributed by atoms with Gasteiger partial charge in [-0.05, 0) is 46.4 Å². The lowest BCUT2D eigenvalue weighted by molar-refractivity contribution is -0.193. The lowest BCUT2D eigenvalue weighted by Crippen LogP contribution is -2.28. The van der Waals surface area contributed by atoms with Crippen LogP contribution in [0, 0.1) is 11.8 Å². The second-order valence-corrected chi connectivity index (χ2v) is 9.55. The Morgan fingerprint density at radius 3 is 1.45 bits per heavy atom. The van der Waals surface area contributed by atoms with Gasteiger partial charge in [-0.3, -0.25) is 14.8 Å². The number of carboxylic acid groups (broad SMARTS) is 3. The molecular formula is C23H24F9N3O6S. The van der Waals surface area contributed by atoms with Crippen LogP contribution in [0.5, 0.6) is 0 Å². The second kappa shape index (κ2) is 15.7. The van der Waals surface area contributed by atoms with E-state index in [1.165, 1.54) is 37.4 Å². The summed E-state index contributed by atoms with van der Waals surface area (Å²) in [7, 11) is 0. The number of hydrogen-bond donors (Lipinski definition) is 3. The molecule has 2 aliphatic heterocycles. The van der Waals surface area contributed by atoms with E-state index in [4.69, 9.17) is 29.7 Å². The molecule has 4 rings (SSSR count). The van der Waals surface area contributed by atoms with E-state index in [1.54, 1.807) is 11.3 Å². The fraction of sp³-hybridized carbons (Fsp3) is 0.478. The first-order valence-corrected chi connectivity index (χ1v) is 12.4. The predicted molar refractivity (Wildman–Crippen MR) is 127 cm³/mol. The minimum atomic E-state index is -5.08. The Labute approximate surface area is 235 Å². The summed E-state index contributed by atoms with van der Waals surface area (Å²) in [5, 5.41) is 25.8. The number of carbonyl (C=O) groups is 3. The van der Waals surface area contributed by atoms with Gasteiger partial charge in [0.1, 0.15) is 0 Å². The van der Waals surface area contributed by atoms with Gasteiger partial charge in [0.15, 0.2) is 0 Å². The number of halogens is 9. The van der Waals surface area contributed by atoms with Crippen LogP contribution in [0.4, 0.5) is 39.5 Å². The molecule has 0 radical (unpaired) electrons. The minimum absolute atomic E-state index is 0.854. The van der Waals surface area contributed by atoms with Crippen molar-refractivity contribution in [3.8, 4) is 0 Å². The molecule has 2 fully saturated rings. The van der Waals surface area contributed by atoms with Crippen molar-refractivity contribution in [2.24, 2.45) is 11.8 Å². The first kappa shape index (κ1) is 36.6. The zero-order chi connectivity index (χ0) is 32.3. The monoisotopic (exact) mass is 641 g/mol. The van der Waals surface area contributed by atoms with Crippen LogP contribution in [-0.2, 0) is 27.5 Å². The molecule has 42 heavy (non-hydrogen) atoms. The molecule has 2 atom stereocenters. The summed E-state index contributed by atoms with van der Waals surface area (Å²) < 4.78 is 95.2. The molecule has 0 aliphatic carbocycles. The molecule has 2 aliphatic rings. The van der Waals surface area contributed by atoms with Gasteiger partial charge in [-0.15, -0.1) is 0 Å². The molecule has 2 saturated heterocycles. The first-order chi connectivity index (χ1) is 19.2. The van der Waals surface area contributed by atoms with Crippen LogP contribution in [-0.4, -0.2) is 92.7 Å². The number of alkyl halides is 9. The first-order valence-electron chi connectivity index (χ1n) is 11.5. The highest BCUT2D eigenvalue weighted by Crippen LogP contribution is 2.32.